The molecule has 0 saturated carbocycles. The molecule has 1 fully saturated rings. The highest BCUT2D eigenvalue weighted by molar-refractivity contribution is 7.92. The van der Waals surface area contributed by atoms with E-state index in [2.05, 4.69) is 12.2 Å². The molecule has 102 valence electrons. The largest absolute Gasteiger partial charge is 0.377 e. The smallest absolute Gasteiger partial charge is 0.159 e. The van der Waals surface area contributed by atoms with Gasteiger partial charge in [-0.05, 0) is 40.2 Å². The highest BCUT2D eigenvalue weighted by atomic mass is 32.2. The van der Waals surface area contributed by atoms with Crippen molar-refractivity contribution in [3.05, 3.63) is 0 Å². The predicted octanol–water partition coefficient (Wildman–Crippen LogP) is 1.36. The van der Waals surface area contributed by atoms with Crippen LogP contribution in [0, 0.1) is 0 Å². The normalized spacial score (nSPS) is 29.2. The molecule has 4 atom stereocenters. The third kappa shape index (κ3) is 3.42. The van der Waals surface area contributed by atoms with Crippen molar-refractivity contribution in [1.29, 1.82) is 0 Å². The van der Waals surface area contributed by atoms with Gasteiger partial charge in [-0.25, -0.2) is 8.42 Å². The van der Waals surface area contributed by atoms with Gasteiger partial charge in [0.1, 0.15) is 0 Å². The standard InChI is InChI=1S/C12H25NO3S/c1-5-7-13-9(2)11(4)17(14,15)12-6-8-16-10(12)3/h9-13H,5-8H2,1-4H3. The van der Waals surface area contributed by atoms with Crippen LogP contribution in [0.15, 0.2) is 0 Å². The van der Waals surface area contributed by atoms with E-state index in [1.54, 1.807) is 6.92 Å². The molecule has 0 aliphatic carbocycles. The Morgan fingerprint density at radius 3 is 2.53 bits per heavy atom. The van der Waals surface area contributed by atoms with Gasteiger partial charge in [0.25, 0.3) is 0 Å². The van der Waals surface area contributed by atoms with E-state index >= 15 is 0 Å². The molecule has 0 bridgehead atoms. The second kappa shape index (κ2) is 6.16. The molecule has 1 aliphatic heterocycles. The van der Waals surface area contributed by atoms with Crippen LogP contribution in [0.1, 0.15) is 40.5 Å². The molecule has 0 aromatic heterocycles. The minimum absolute atomic E-state index is 0.00671. The molecule has 5 heteroatoms. The summed E-state index contributed by atoms with van der Waals surface area (Å²) < 4.78 is 30.2. The van der Waals surface area contributed by atoms with Crippen LogP contribution in [-0.2, 0) is 14.6 Å². The summed E-state index contributed by atoms with van der Waals surface area (Å²) in [7, 11) is -3.11. The molecule has 0 amide bonds. The van der Waals surface area contributed by atoms with Gasteiger partial charge in [0.05, 0.1) is 16.6 Å². The lowest BCUT2D eigenvalue weighted by molar-refractivity contribution is 0.126. The van der Waals surface area contributed by atoms with E-state index in [0.717, 1.165) is 13.0 Å². The molecule has 1 rings (SSSR count). The van der Waals surface area contributed by atoms with Crippen molar-refractivity contribution in [3.8, 4) is 0 Å². The molecule has 0 aromatic rings. The molecular formula is C12H25NO3S. The van der Waals surface area contributed by atoms with E-state index in [1.807, 2.05) is 13.8 Å². The van der Waals surface area contributed by atoms with E-state index in [4.69, 9.17) is 4.74 Å². The number of nitrogens with one attached hydrogen (secondary N) is 1. The van der Waals surface area contributed by atoms with Crippen LogP contribution >= 0.6 is 0 Å². The fourth-order valence-corrected chi connectivity index (χ4v) is 4.50. The molecule has 0 spiro atoms. The zero-order valence-corrected chi connectivity index (χ0v) is 12.1. The summed E-state index contributed by atoms with van der Waals surface area (Å²) in [5.41, 5.74) is 0. The highest BCUT2D eigenvalue weighted by Crippen LogP contribution is 2.25. The van der Waals surface area contributed by atoms with Gasteiger partial charge in [-0.3, -0.25) is 0 Å². The Morgan fingerprint density at radius 1 is 1.41 bits per heavy atom. The fraction of sp³-hybridized carbons (Fsp3) is 1.00. The van der Waals surface area contributed by atoms with Gasteiger partial charge in [-0.15, -0.1) is 0 Å². The maximum absolute atomic E-state index is 12.4. The average Bonchev–Trinajstić information content (AvgIpc) is 2.71. The molecule has 17 heavy (non-hydrogen) atoms. The summed E-state index contributed by atoms with van der Waals surface area (Å²) >= 11 is 0. The monoisotopic (exact) mass is 263 g/mol. The van der Waals surface area contributed by atoms with Crippen LogP contribution in [0.4, 0.5) is 0 Å². The number of sulfone groups is 1. The Labute approximate surface area is 105 Å². The topological polar surface area (TPSA) is 55.4 Å². The lowest BCUT2D eigenvalue weighted by Crippen LogP contribution is -2.45. The van der Waals surface area contributed by atoms with E-state index < -0.39 is 9.84 Å². The van der Waals surface area contributed by atoms with Crippen molar-refractivity contribution in [3.63, 3.8) is 0 Å². The number of rotatable bonds is 6. The third-order valence-corrected chi connectivity index (χ3v) is 6.57. The van der Waals surface area contributed by atoms with Crippen LogP contribution in [0.2, 0.25) is 0 Å². The van der Waals surface area contributed by atoms with Gasteiger partial charge in [-0.2, -0.15) is 0 Å². The summed E-state index contributed by atoms with van der Waals surface area (Å²) in [6, 6.07) is -0.00671. The van der Waals surface area contributed by atoms with E-state index in [-0.39, 0.29) is 22.6 Å². The first-order chi connectivity index (χ1) is 7.91. The van der Waals surface area contributed by atoms with Crippen molar-refractivity contribution >= 4 is 9.84 Å². The summed E-state index contributed by atoms with van der Waals surface area (Å²) in [5, 5.41) is 2.57. The van der Waals surface area contributed by atoms with Gasteiger partial charge < -0.3 is 10.1 Å². The average molecular weight is 263 g/mol. The molecule has 0 aromatic carbocycles. The first-order valence-corrected chi connectivity index (χ1v) is 8.09. The molecule has 1 aliphatic rings. The highest BCUT2D eigenvalue weighted by Gasteiger charge is 2.40. The fourth-order valence-electron chi connectivity index (χ4n) is 2.24. The number of hydrogen-bond acceptors (Lipinski definition) is 4. The molecule has 0 radical (unpaired) electrons. The van der Waals surface area contributed by atoms with Crippen molar-refractivity contribution in [2.75, 3.05) is 13.2 Å². The second-order valence-corrected chi connectivity index (χ2v) is 7.47. The quantitative estimate of drug-likeness (QED) is 0.786. The Hall–Kier alpha value is -0.130. The maximum atomic E-state index is 12.4. The minimum Gasteiger partial charge on any atom is -0.377 e. The van der Waals surface area contributed by atoms with E-state index in [0.29, 0.717) is 13.0 Å². The number of hydrogen-bond donors (Lipinski definition) is 1. The zero-order valence-electron chi connectivity index (χ0n) is 11.3. The van der Waals surface area contributed by atoms with Gasteiger partial charge in [-0.1, -0.05) is 6.92 Å². The van der Waals surface area contributed by atoms with Crippen LogP contribution in [0.25, 0.3) is 0 Å². The van der Waals surface area contributed by atoms with Crippen molar-refractivity contribution in [2.45, 2.75) is 63.2 Å². The van der Waals surface area contributed by atoms with Gasteiger partial charge in [0.15, 0.2) is 9.84 Å². The van der Waals surface area contributed by atoms with Gasteiger partial charge in [0, 0.05) is 12.6 Å². The summed E-state index contributed by atoms with van der Waals surface area (Å²) in [5.74, 6) is 0. The Morgan fingerprint density at radius 2 is 2.06 bits per heavy atom. The summed E-state index contributed by atoms with van der Waals surface area (Å²) in [4.78, 5) is 0. The SMILES string of the molecule is CCCNC(C)C(C)S(=O)(=O)C1CCOC1C. The van der Waals surface area contributed by atoms with Crippen LogP contribution in [0.5, 0.6) is 0 Å². The van der Waals surface area contributed by atoms with E-state index in [1.165, 1.54) is 0 Å². The molecule has 1 N–H and O–H groups in total. The molecular weight excluding hydrogens is 238 g/mol. The Bertz CT molecular complexity index is 329. The van der Waals surface area contributed by atoms with Crippen molar-refractivity contribution in [1.82, 2.24) is 5.32 Å². The molecule has 4 unspecified atom stereocenters. The molecule has 1 saturated heterocycles. The lowest BCUT2D eigenvalue weighted by Gasteiger charge is -2.25. The van der Waals surface area contributed by atoms with Gasteiger partial charge in [0.2, 0.25) is 0 Å². The maximum Gasteiger partial charge on any atom is 0.159 e. The lowest BCUT2D eigenvalue weighted by atomic mass is 10.2. The summed E-state index contributed by atoms with van der Waals surface area (Å²) in [6.07, 6.45) is 1.48. The van der Waals surface area contributed by atoms with Crippen LogP contribution < -0.4 is 5.32 Å². The Balaban J connectivity index is 2.69. The van der Waals surface area contributed by atoms with Crippen LogP contribution in [0.3, 0.4) is 0 Å². The first-order valence-electron chi connectivity index (χ1n) is 6.49. The molecule has 1 heterocycles. The van der Waals surface area contributed by atoms with Crippen LogP contribution in [-0.4, -0.2) is 44.2 Å². The summed E-state index contributed by atoms with van der Waals surface area (Å²) in [6.45, 7) is 9.09. The first kappa shape index (κ1) is 14.9. The number of ether oxygens (including phenoxy) is 1. The predicted molar refractivity (Wildman–Crippen MR) is 70.0 cm³/mol. The van der Waals surface area contributed by atoms with Crippen molar-refractivity contribution < 1.29 is 13.2 Å². The Kier molecular flexibility index (Phi) is 5.41. The van der Waals surface area contributed by atoms with Gasteiger partial charge >= 0.3 is 0 Å². The third-order valence-electron chi connectivity index (χ3n) is 3.67. The van der Waals surface area contributed by atoms with E-state index in [9.17, 15) is 8.42 Å². The second-order valence-electron chi connectivity index (χ2n) is 4.94. The molecule has 4 nitrogen and oxygen atoms in total. The minimum atomic E-state index is -3.11. The van der Waals surface area contributed by atoms with Crippen molar-refractivity contribution in [2.24, 2.45) is 0 Å². The zero-order chi connectivity index (χ0) is 13.1.